The van der Waals surface area contributed by atoms with Gasteiger partial charge in [-0.15, -0.1) is 0 Å². The second-order valence-electron chi connectivity index (χ2n) is 6.12. The fraction of sp³-hybridized carbons (Fsp3) is 0.562. The van der Waals surface area contributed by atoms with Crippen LogP contribution in [-0.2, 0) is 6.54 Å². The van der Waals surface area contributed by atoms with E-state index < -0.39 is 0 Å². The highest BCUT2D eigenvalue weighted by atomic mass is 16.2. The van der Waals surface area contributed by atoms with Crippen LogP contribution in [0.5, 0.6) is 0 Å². The third-order valence-electron chi connectivity index (χ3n) is 4.59. The number of nitrogens with zero attached hydrogens (tertiary/aromatic N) is 2. The zero-order valence-corrected chi connectivity index (χ0v) is 12.1. The molecule has 108 valence electrons. The van der Waals surface area contributed by atoms with E-state index in [1.54, 1.807) is 0 Å². The van der Waals surface area contributed by atoms with Crippen molar-refractivity contribution in [3.63, 3.8) is 0 Å². The largest absolute Gasteiger partial charge is 0.334 e. The summed E-state index contributed by atoms with van der Waals surface area (Å²) in [5.41, 5.74) is 1.54. The normalized spacial score (nSPS) is 20.9. The van der Waals surface area contributed by atoms with Gasteiger partial charge in [0.2, 0.25) is 0 Å². The topological polar surface area (TPSA) is 35.6 Å². The summed E-state index contributed by atoms with van der Waals surface area (Å²) in [5, 5.41) is 3.01. The Morgan fingerprint density at radius 1 is 1.25 bits per heavy atom. The molecule has 0 atom stereocenters. The van der Waals surface area contributed by atoms with Crippen molar-refractivity contribution in [1.82, 2.24) is 15.1 Å². The fourth-order valence-electron chi connectivity index (χ4n) is 3.35. The molecule has 1 N–H and O–H groups in total. The first-order valence-electron chi connectivity index (χ1n) is 7.50. The van der Waals surface area contributed by atoms with Crippen LogP contribution in [0.2, 0.25) is 0 Å². The van der Waals surface area contributed by atoms with Crippen LogP contribution in [0, 0.1) is 5.41 Å². The van der Waals surface area contributed by atoms with E-state index in [-0.39, 0.29) is 6.03 Å². The molecule has 1 aromatic rings. The molecule has 0 aliphatic carbocycles. The van der Waals surface area contributed by atoms with Crippen LogP contribution < -0.4 is 5.32 Å². The van der Waals surface area contributed by atoms with E-state index in [4.69, 9.17) is 0 Å². The lowest BCUT2D eigenvalue weighted by Gasteiger charge is -2.47. The monoisotopic (exact) mass is 273 g/mol. The van der Waals surface area contributed by atoms with Crippen molar-refractivity contribution in [1.29, 1.82) is 0 Å². The van der Waals surface area contributed by atoms with Gasteiger partial charge in [-0.1, -0.05) is 37.3 Å². The van der Waals surface area contributed by atoms with E-state index in [1.165, 1.54) is 13.0 Å². The minimum Gasteiger partial charge on any atom is -0.334 e. The SMILES string of the molecule is CCN1CCC2(C1)CN(C(=O)NCc1ccccc1)C2. The second kappa shape index (κ2) is 5.44. The Kier molecular flexibility index (Phi) is 3.66. The van der Waals surface area contributed by atoms with Crippen LogP contribution in [0.3, 0.4) is 0 Å². The highest BCUT2D eigenvalue weighted by molar-refractivity contribution is 5.75. The van der Waals surface area contributed by atoms with E-state index >= 15 is 0 Å². The Hall–Kier alpha value is -1.55. The zero-order chi connectivity index (χ0) is 14.0. The average Bonchev–Trinajstić information content (AvgIpc) is 2.89. The number of hydrogen-bond acceptors (Lipinski definition) is 2. The molecule has 0 saturated carbocycles. The number of carbonyl (C=O) groups is 1. The molecule has 20 heavy (non-hydrogen) atoms. The van der Waals surface area contributed by atoms with E-state index in [0.29, 0.717) is 12.0 Å². The fourth-order valence-corrected chi connectivity index (χ4v) is 3.35. The van der Waals surface area contributed by atoms with Crippen LogP contribution in [0.25, 0.3) is 0 Å². The third-order valence-corrected chi connectivity index (χ3v) is 4.59. The van der Waals surface area contributed by atoms with Gasteiger partial charge in [0, 0.05) is 31.6 Å². The smallest absolute Gasteiger partial charge is 0.317 e. The number of nitrogens with one attached hydrogen (secondary N) is 1. The van der Waals surface area contributed by atoms with Gasteiger partial charge in [0.15, 0.2) is 0 Å². The minimum absolute atomic E-state index is 0.0782. The van der Waals surface area contributed by atoms with E-state index in [9.17, 15) is 4.79 Å². The Morgan fingerprint density at radius 2 is 2.00 bits per heavy atom. The van der Waals surface area contributed by atoms with Crippen molar-refractivity contribution in [2.45, 2.75) is 19.9 Å². The van der Waals surface area contributed by atoms with Crippen molar-refractivity contribution in [2.24, 2.45) is 5.41 Å². The predicted molar refractivity (Wildman–Crippen MR) is 79.4 cm³/mol. The molecular formula is C16H23N3O. The number of urea groups is 1. The van der Waals surface area contributed by atoms with Gasteiger partial charge in [-0.05, 0) is 25.1 Å². The zero-order valence-electron chi connectivity index (χ0n) is 12.1. The molecule has 1 aromatic carbocycles. The van der Waals surface area contributed by atoms with E-state index in [1.807, 2.05) is 35.2 Å². The van der Waals surface area contributed by atoms with Crippen LogP contribution >= 0.6 is 0 Å². The van der Waals surface area contributed by atoms with Gasteiger partial charge >= 0.3 is 6.03 Å². The Balaban J connectivity index is 1.45. The van der Waals surface area contributed by atoms with Crippen LogP contribution in [-0.4, -0.2) is 48.6 Å². The Morgan fingerprint density at radius 3 is 2.65 bits per heavy atom. The van der Waals surface area contributed by atoms with Crippen molar-refractivity contribution in [3.8, 4) is 0 Å². The van der Waals surface area contributed by atoms with Crippen LogP contribution in [0.4, 0.5) is 4.79 Å². The average molecular weight is 273 g/mol. The summed E-state index contributed by atoms with van der Waals surface area (Å²) >= 11 is 0. The lowest BCUT2D eigenvalue weighted by molar-refractivity contribution is 0.0389. The molecule has 2 aliphatic heterocycles. The summed E-state index contributed by atoms with van der Waals surface area (Å²) in [4.78, 5) is 16.5. The number of likely N-dealkylation sites (tertiary alicyclic amines) is 2. The highest BCUT2D eigenvalue weighted by Gasteiger charge is 2.48. The van der Waals surface area contributed by atoms with E-state index in [2.05, 4.69) is 17.1 Å². The molecule has 2 saturated heterocycles. The Bertz CT molecular complexity index is 468. The number of benzene rings is 1. The van der Waals surface area contributed by atoms with Gasteiger partial charge in [-0.25, -0.2) is 4.79 Å². The van der Waals surface area contributed by atoms with Crippen molar-refractivity contribution < 1.29 is 4.79 Å². The summed E-state index contributed by atoms with van der Waals surface area (Å²) in [6.07, 6.45) is 1.24. The predicted octanol–water partition coefficient (Wildman–Crippen LogP) is 1.92. The molecular weight excluding hydrogens is 250 g/mol. The first kappa shape index (κ1) is 13.4. The van der Waals surface area contributed by atoms with Crippen molar-refractivity contribution in [3.05, 3.63) is 35.9 Å². The molecule has 3 rings (SSSR count). The first-order valence-corrected chi connectivity index (χ1v) is 7.50. The molecule has 4 nitrogen and oxygen atoms in total. The van der Waals surface area contributed by atoms with Crippen LogP contribution in [0.1, 0.15) is 18.9 Å². The van der Waals surface area contributed by atoms with E-state index in [0.717, 1.165) is 31.7 Å². The highest BCUT2D eigenvalue weighted by Crippen LogP contribution is 2.39. The van der Waals surface area contributed by atoms with Crippen molar-refractivity contribution in [2.75, 3.05) is 32.7 Å². The lowest BCUT2D eigenvalue weighted by atomic mass is 9.79. The minimum atomic E-state index is 0.0782. The molecule has 2 aliphatic rings. The Labute approximate surface area is 120 Å². The third kappa shape index (κ3) is 2.66. The van der Waals surface area contributed by atoms with Crippen molar-refractivity contribution >= 4 is 6.03 Å². The van der Waals surface area contributed by atoms with Gasteiger partial charge in [-0.2, -0.15) is 0 Å². The molecule has 0 aromatic heterocycles. The summed E-state index contributed by atoms with van der Waals surface area (Å²) in [6, 6.07) is 10.1. The molecule has 2 heterocycles. The first-order chi connectivity index (χ1) is 9.71. The van der Waals surface area contributed by atoms with Crippen LogP contribution in [0.15, 0.2) is 30.3 Å². The number of rotatable bonds is 3. The van der Waals surface area contributed by atoms with Gasteiger partial charge in [0.1, 0.15) is 0 Å². The summed E-state index contributed by atoms with van der Waals surface area (Å²) in [6.45, 7) is 8.14. The number of carbonyl (C=O) groups excluding carboxylic acids is 1. The molecule has 4 heteroatoms. The second-order valence-corrected chi connectivity index (χ2v) is 6.12. The molecule has 2 amide bonds. The number of hydrogen-bond donors (Lipinski definition) is 1. The molecule has 0 unspecified atom stereocenters. The van der Waals surface area contributed by atoms with Gasteiger partial charge < -0.3 is 15.1 Å². The lowest BCUT2D eigenvalue weighted by Crippen LogP contribution is -2.61. The molecule has 0 radical (unpaired) electrons. The molecule has 0 bridgehead atoms. The number of amides is 2. The van der Waals surface area contributed by atoms with Gasteiger partial charge in [0.05, 0.1) is 0 Å². The summed E-state index contributed by atoms with van der Waals surface area (Å²) in [5.74, 6) is 0. The quantitative estimate of drug-likeness (QED) is 0.913. The molecule has 1 spiro atoms. The summed E-state index contributed by atoms with van der Waals surface area (Å²) in [7, 11) is 0. The maximum absolute atomic E-state index is 12.1. The van der Waals surface area contributed by atoms with Gasteiger partial charge in [0.25, 0.3) is 0 Å². The molecule has 2 fully saturated rings. The standard InChI is InChI=1S/C16H23N3O/c1-2-18-9-8-16(11-18)12-19(13-16)15(20)17-10-14-6-4-3-5-7-14/h3-7H,2,8-13H2,1H3,(H,17,20). The maximum Gasteiger partial charge on any atom is 0.317 e. The maximum atomic E-state index is 12.1. The van der Waals surface area contributed by atoms with Gasteiger partial charge in [-0.3, -0.25) is 0 Å². The summed E-state index contributed by atoms with van der Waals surface area (Å²) < 4.78 is 0.